The fraction of sp³-hybridized carbons (Fsp3) is 0.909. The second-order valence-corrected chi connectivity index (χ2v) is 5.23. The van der Waals surface area contributed by atoms with Crippen LogP contribution in [0.4, 0.5) is 0 Å². The SMILES string of the molecule is CC1(C)CCCN1C(C(=O)O)C1CC1. The van der Waals surface area contributed by atoms with E-state index in [1.165, 1.54) is 0 Å². The van der Waals surface area contributed by atoms with Crippen LogP contribution in [0.3, 0.4) is 0 Å². The first-order valence-corrected chi connectivity index (χ1v) is 5.52. The Balaban J connectivity index is 2.14. The van der Waals surface area contributed by atoms with Gasteiger partial charge in [-0.15, -0.1) is 0 Å². The van der Waals surface area contributed by atoms with Crippen LogP contribution in [-0.2, 0) is 4.79 Å². The monoisotopic (exact) mass is 197 g/mol. The van der Waals surface area contributed by atoms with Gasteiger partial charge in [0.2, 0.25) is 0 Å². The zero-order chi connectivity index (χ0) is 10.3. The summed E-state index contributed by atoms with van der Waals surface area (Å²) in [5.74, 6) is -0.202. The lowest BCUT2D eigenvalue weighted by Crippen LogP contribution is -2.50. The molecule has 0 radical (unpaired) electrons. The topological polar surface area (TPSA) is 40.5 Å². The Bertz CT molecular complexity index is 246. The molecule has 0 aromatic carbocycles. The Morgan fingerprint density at radius 3 is 2.50 bits per heavy atom. The van der Waals surface area contributed by atoms with Crippen LogP contribution in [0.5, 0.6) is 0 Å². The van der Waals surface area contributed by atoms with Crippen molar-refractivity contribution in [3.63, 3.8) is 0 Å². The Morgan fingerprint density at radius 1 is 1.50 bits per heavy atom. The molecule has 0 aromatic heterocycles. The minimum absolute atomic E-state index is 0.0889. The number of carbonyl (C=O) groups is 1. The zero-order valence-corrected chi connectivity index (χ0v) is 8.99. The lowest BCUT2D eigenvalue weighted by atomic mass is 9.99. The van der Waals surface area contributed by atoms with Crippen molar-refractivity contribution in [1.82, 2.24) is 4.90 Å². The van der Waals surface area contributed by atoms with Crippen molar-refractivity contribution in [2.45, 2.75) is 51.1 Å². The molecule has 1 aliphatic carbocycles. The van der Waals surface area contributed by atoms with Gasteiger partial charge in [-0.25, -0.2) is 0 Å². The lowest BCUT2D eigenvalue weighted by Gasteiger charge is -2.36. The quantitative estimate of drug-likeness (QED) is 0.749. The molecular formula is C11H19NO2. The smallest absolute Gasteiger partial charge is 0.321 e. The third-order valence-electron chi connectivity index (χ3n) is 3.62. The summed E-state index contributed by atoms with van der Waals surface area (Å²) >= 11 is 0. The molecule has 2 aliphatic rings. The predicted octanol–water partition coefficient (Wildman–Crippen LogP) is 1.72. The van der Waals surface area contributed by atoms with E-state index in [0.717, 1.165) is 32.2 Å². The van der Waals surface area contributed by atoms with Crippen LogP contribution >= 0.6 is 0 Å². The summed E-state index contributed by atoms with van der Waals surface area (Å²) in [6.45, 7) is 5.29. The minimum Gasteiger partial charge on any atom is -0.480 e. The molecule has 14 heavy (non-hydrogen) atoms. The summed E-state index contributed by atoms with van der Waals surface area (Å²) < 4.78 is 0. The van der Waals surface area contributed by atoms with Gasteiger partial charge in [-0.3, -0.25) is 9.69 Å². The maximum Gasteiger partial charge on any atom is 0.321 e. The molecule has 2 rings (SSSR count). The highest BCUT2D eigenvalue weighted by Gasteiger charge is 2.46. The lowest BCUT2D eigenvalue weighted by molar-refractivity contribution is -0.145. The number of aliphatic carboxylic acids is 1. The molecule has 1 aliphatic heterocycles. The Morgan fingerprint density at radius 2 is 2.14 bits per heavy atom. The van der Waals surface area contributed by atoms with E-state index in [2.05, 4.69) is 18.7 Å². The fourth-order valence-electron chi connectivity index (χ4n) is 2.65. The minimum atomic E-state index is -0.623. The molecule has 0 bridgehead atoms. The second kappa shape index (κ2) is 3.23. The molecule has 1 unspecified atom stereocenters. The van der Waals surface area contributed by atoms with Crippen molar-refractivity contribution in [2.75, 3.05) is 6.54 Å². The average molecular weight is 197 g/mol. The summed E-state index contributed by atoms with van der Waals surface area (Å²) in [5.41, 5.74) is 0.0889. The van der Waals surface area contributed by atoms with E-state index in [-0.39, 0.29) is 11.6 Å². The highest BCUT2D eigenvalue weighted by Crippen LogP contribution is 2.41. The highest BCUT2D eigenvalue weighted by molar-refractivity contribution is 5.74. The van der Waals surface area contributed by atoms with Gasteiger partial charge in [-0.2, -0.15) is 0 Å². The Labute approximate surface area is 85.1 Å². The maximum atomic E-state index is 11.2. The molecule has 3 heteroatoms. The highest BCUT2D eigenvalue weighted by atomic mass is 16.4. The Hall–Kier alpha value is -0.570. The zero-order valence-electron chi connectivity index (χ0n) is 8.99. The molecule has 2 fully saturated rings. The first-order valence-electron chi connectivity index (χ1n) is 5.52. The number of rotatable bonds is 3. The molecule has 1 heterocycles. The molecule has 80 valence electrons. The van der Waals surface area contributed by atoms with Crippen LogP contribution in [0.1, 0.15) is 39.5 Å². The summed E-state index contributed by atoms with van der Waals surface area (Å²) in [4.78, 5) is 13.4. The molecule has 1 saturated carbocycles. The molecule has 1 saturated heterocycles. The number of carboxylic acid groups (broad SMARTS) is 1. The molecular weight excluding hydrogens is 178 g/mol. The largest absolute Gasteiger partial charge is 0.480 e. The standard InChI is InChI=1S/C11H19NO2/c1-11(2)6-3-7-12(11)9(10(13)14)8-4-5-8/h8-9H,3-7H2,1-2H3,(H,13,14). The number of hydrogen-bond donors (Lipinski definition) is 1. The van der Waals surface area contributed by atoms with Gasteiger partial charge in [-0.05, 0) is 52.0 Å². The second-order valence-electron chi connectivity index (χ2n) is 5.23. The van der Waals surface area contributed by atoms with Crippen LogP contribution in [0.15, 0.2) is 0 Å². The van der Waals surface area contributed by atoms with Crippen molar-refractivity contribution in [3.8, 4) is 0 Å². The fourth-order valence-corrected chi connectivity index (χ4v) is 2.65. The summed E-state index contributed by atoms with van der Waals surface area (Å²) in [6.07, 6.45) is 4.47. The number of hydrogen-bond acceptors (Lipinski definition) is 2. The van der Waals surface area contributed by atoms with Gasteiger partial charge in [-0.1, -0.05) is 0 Å². The van der Waals surface area contributed by atoms with E-state index in [0.29, 0.717) is 5.92 Å². The predicted molar refractivity (Wildman–Crippen MR) is 54.2 cm³/mol. The normalized spacial score (nSPS) is 29.0. The third-order valence-corrected chi connectivity index (χ3v) is 3.62. The van der Waals surface area contributed by atoms with Gasteiger partial charge in [0.25, 0.3) is 0 Å². The van der Waals surface area contributed by atoms with E-state index in [9.17, 15) is 9.90 Å². The van der Waals surface area contributed by atoms with E-state index in [4.69, 9.17) is 0 Å². The van der Waals surface area contributed by atoms with Crippen LogP contribution in [0, 0.1) is 5.92 Å². The maximum absolute atomic E-state index is 11.2. The molecule has 1 atom stereocenters. The van der Waals surface area contributed by atoms with Crippen LogP contribution < -0.4 is 0 Å². The summed E-state index contributed by atoms with van der Waals surface area (Å²) in [7, 11) is 0. The Kier molecular flexibility index (Phi) is 2.30. The van der Waals surface area contributed by atoms with Crippen molar-refractivity contribution in [1.29, 1.82) is 0 Å². The van der Waals surface area contributed by atoms with Crippen LogP contribution in [-0.4, -0.2) is 34.1 Å². The molecule has 1 N–H and O–H groups in total. The van der Waals surface area contributed by atoms with Crippen LogP contribution in [0.2, 0.25) is 0 Å². The number of nitrogens with zero attached hydrogens (tertiary/aromatic N) is 1. The first-order chi connectivity index (χ1) is 6.52. The van der Waals surface area contributed by atoms with Gasteiger partial charge >= 0.3 is 5.97 Å². The van der Waals surface area contributed by atoms with E-state index in [1.54, 1.807) is 0 Å². The van der Waals surface area contributed by atoms with E-state index < -0.39 is 5.97 Å². The third kappa shape index (κ3) is 1.65. The van der Waals surface area contributed by atoms with E-state index >= 15 is 0 Å². The van der Waals surface area contributed by atoms with Crippen LogP contribution in [0.25, 0.3) is 0 Å². The van der Waals surface area contributed by atoms with E-state index in [1.807, 2.05) is 0 Å². The van der Waals surface area contributed by atoms with Gasteiger partial charge < -0.3 is 5.11 Å². The van der Waals surface area contributed by atoms with Gasteiger partial charge in [0.15, 0.2) is 0 Å². The van der Waals surface area contributed by atoms with Gasteiger partial charge in [0, 0.05) is 5.54 Å². The number of carboxylic acids is 1. The average Bonchev–Trinajstić information content (AvgIpc) is 2.80. The van der Waals surface area contributed by atoms with Crippen molar-refractivity contribution < 1.29 is 9.90 Å². The molecule has 0 amide bonds. The molecule has 0 spiro atoms. The van der Waals surface area contributed by atoms with Crippen molar-refractivity contribution in [3.05, 3.63) is 0 Å². The molecule has 0 aromatic rings. The van der Waals surface area contributed by atoms with Crippen molar-refractivity contribution >= 4 is 5.97 Å². The summed E-state index contributed by atoms with van der Waals surface area (Å²) in [6, 6.07) is -0.215. The molecule has 3 nitrogen and oxygen atoms in total. The van der Waals surface area contributed by atoms with Gasteiger partial charge in [0.1, 0.15) is 6.04 Å². The first kappa shape index (κ1) is 9.97. The number of likely N-dealkylation sites (tertiary alicyclic amines) is 1. The van der Waals surface area contributed by atoms with Crippen molar-refractivity contribution in [2.24, 2.45) is 5.92 Å². The van der Waals surface area contributed by atoms with Gasteiger partial charge in [0.05, 0.1) is 0 Å². The summed E-state index contributed by atoms with van der Waals surface area (Å²) in [5, 5.41) is 9.23.